The van der Waals surface area contributed by atoms with Gasteiger partial charge in [0.05, 0.1) is 0 Å². The second-order valence-corrected chi connectivity index (χ2v) is 12.0. The summed E-state index contributed by atoms with van der Waals surface area (Å²) in [6.07, 6.45) is 17.3. The molecule has 1 N–H and O–H groups in total. The number of benzene rings is 2. The molecule has 0 unspecified atom stereocenters. The molecule has 40 heavy (non-hydrogen) atoms. The monoisotopic (exact) mass is 564 g/mol. The molecule has 2 aliphatic rings. The van der Waals surface area contributed by atoms with Crippen LogP contribution in [0, 0.1) is 46.8 Å². The summed E-state index contributed by atoms with van der Waals surface area (Å²) < 4.78 is 72.0. The van der Waals surface area contributed by atoms with Gasteiger partial charge >= 0.3 is 5.97 Å². The first-order valence-corrected chi connectivity index (χ1v) is 15.1. The summed E-state index contributed by atoms with van der Waals surface area (Å²) in [6.45, 7) is 2.23. The molecule has 0 saturated heterocycles. The van der Waals surface area contributed by atoms with Gasteiger partial charge in [0.15, 0.2) is 17.5 Å². The van der Waals surface area contributed by atoms with Crippen LogP contribution in [-0.2, 0) is 0 Å². The maximum Gasteiger partial charge on any atom is 0.341 e. The van der Waals surface area contributed by atoms with E-state index in [1.807, 2.05) is 0 Å². The highest BCUT2D eigenvalue weighted by molar-refractivity contribution is 5.91. The number of carbonyl (C=O) groups is 1. The average molecular weight is 565 g/mol. The van der Waals surface area contributed by atoms with Gasteiger partial charge < -0.3 is 5.11 Å². The molecule has 0 radical (unpaired) electrons. The topological polar surface area (TPSA) is 37.3 Å². The lowest BCUT2D eigenvalue weighted by Crippen LogP contribution is -2.25. The number of rotatable bonds is 11. The van der Waals surface area contributed by atoms with Crippen molar-refractivity contribution in [2.45, 2.75) is 109 Å². The number of carboxylic acids is 1. The highest BCUT2D eigenvalue weighted by atomic mass is 19.2. The quantitative estimate of drug-likeness (QED) is 0.167. The molecule has 7 heteroatoms. The van der Waals surface area contributed by atoms with Crippen molar-refractivity contribution >= 4 is 5.97 Å². The van der Waals surface area contributed by atoms with Crippen LogP contribution in [0.2, 0.25) is 0 Å². The number of unbranched alkanes of at least 4 members (excludes halogenated alkanes) is 5. The van der Waals surface area contributed by atoms with Gasteiger partial charge in [-0.1, -0.05) is 64.7 Å². The van der Waals surface area contributed by atoms with Gasteiger partial charge in [-0.2, -0.15) is 0 Å². The van der Waals surface area contributed by atoms with Crippen molar-refractivity contribution in [1.82, 2.24) is 0 Å². The molecule has 0 aromatic heterocycles. The Morgan fingerprint density at radius 2 is 1.27 bits per heavy atom. The molecule has 0 heterocycles. The van der Waals surface area contributed by atoms with E-state index >= 15 is 4.39 Å². The number of hydrogen-bond acceptors (Lipinski definition) is 1. The van der Waals surface area contributed by atoms with Crippen molar-refractivity contribution in [3.8, 4) is 11.1 Å². The lowest BCUT2D eigenvalue weighted by atomic mass is 9.67. The molecular weight excluding hydrogens is 523 g/mol. The normalized spacial score (nSPS) is 23.4. The summed E-state index contributed by atoms with van der Waals surface area (Å²) in [5.74, 6) is -7.47. The highest BCUT2D eigenvalue weighted by Gasteiger charge is 2.34. The Morgan fingerprint density at radius 1 is 0.725 bits per heavy atom. The van der Waals surface area contributed by atoms with Crippen LogP contribution in [0.25, 0.3) is 11.1 Å². The number of halogens is 5. The van der Waals surface area contributed by atoms with Crippen molar-refractivity contribution in [1.29, 1.82) is 0 Å². The second kappa shape index (κ2) is 14.0. The van der Waals surface area contributed by atoms with Crippen molar-refractivity contribution in [3.05, 3.63) is 58.4 Å². The van der Waals surface area contributed by atoms with E-state index in [1.165, 1.54) is 70.6 Å². The molecular formula is C33H41F5O2. The summed E-state index contributed by atoms with van der Waals surface area (Å²) in [4.78, 5) is 11.6. The van der Waals surface area contributed by atoms with E-state index in [-0.39, 0.29) is 22.6 Å². The molecule has 220 valence electrons. The lowest BCUT2D eigenvalue weighted by Gasteiger charge is -2.38. The minimum absolute atomic E-state index is 0.187. The summed E-state index contributed by atoms with van der Waals surface area (Å²) in [7, 11) is 0. The van der Waals surface area contributed by atoms with Crippen LogP contribution < -0.4 is 0 Å². The molecule has 2 saturated carbocycles. The summed E-state index contributed by atoms with van der Waals surface area (Å²) >= 11 is 0. The molecule has 2 aromatic rings. The van der Waals surface area contributed by atoms with Gasteiger partial charge in [-0.3, -0.25) is 0 Å². The van der Waals surface area contributed by atoms with Crippen LogP contribution in [0.15, 0.2) is 18.2 Å². The van der Waals surface area contributed by atoms with E-state index in [4.69, 9.17) is 0 Å². The number of carboxylic acid groups (broad SMARTS) is 1. The van der Waals surface area contributed by atoms with E-state index in [0.29, 0.717) is 36.8 Å². The molecule has 2 aromatic carbocycles. The maximum atomic E-state index is 15.5. The van der Waals surface area contributed by atoms with Crippen LogP contribution in [-0.4, -0.2) is 11.1 Å². The summed E-state index contributed by atoms with van der Waals surface area (Å²) in [5, 5.41) is 9.37. The number of aromatic carboxylic acids is 1. The Balaban J connectivity index is 1.42. The van der Waals surface area contributed by atoms with Crippen LogP contribution in [0.1, 0.15) is 125 Å². The Labute approximate surface area is 234 Å². The van der Waals surface area contributed by atoms with Gasteiger partial charge in [0, 0.05) is 5.56 Å². The average Bonchev–Trinajstić information content (AvgIpc) is 2.93. The number of hydrogen-bond donors (Lipinski definition) is 1. The van der Waals surface area contributed by atoms with Crippen molar-refractivity contribution in [2.24, 2.45) is 17.8 Å². The molecule has 0 bridgehead atoms. The van der Waals surface area contributed by atoms with Crippen molar-refractivity contribution in [2.75, 3.05) is 0 Å². The van der Waals surface area contributed by atoms with Crippen LogP contribution in [0.5, 0.6) is 0 Å². The molecule has 4 rings (SSSR count). The van der Waals surface area contributed by atoms with Gasteiger partial charge in [-0.15, -0.1) is 0 Å². The van der Waals surface area contributed by atoms with E-state index in [2.05, 4.69) is 6.92 Å². The Hall–Kier alpha value is -2.44. The van der Waals surface area contributed by atoms with Gasteiger partial charge in [-0.05, 0) is 91.5 Å². The zero-order chi connectivity index (χ0) is 28.8. The van der Waals surface area contributed by atoms with Crippen LogP contribution in [0.3, 0.4) is 0 Å². The van der Waals surface area contributed by atoms with Gasteiger partial charge in [0.25, 0.3) is 0 Å². The zero-order valence-electron chi connectivity index (χ0n) is 23.4. The summed E-state index contributed by atoms with van der Waals surface area (Å²) in [5.41, 5.74) is -1.70. The van der Waals surface area contributed by atoms with E-state index in [0.717, 1.165) is 24.8 Å². The van der Waals surface area contributed by atoms with Gasteiger partial charge in [0.2, 0.25) is 0 Å². The first kappa shape index (κ1) is 30.5. The molecule has 0 spiro atoms. The molecule has 2 aliphatic carbocycles. The fraction of sp³-hybridized carbons (Fsp3) is 0.606. The van der Waals surface area contributed by atoms with Gasteiger partial charge in [0.1, 0.15) is 17.2 Å². The van der Waals surface area contributed by atoms with Crippen LogP contribution >= 0.6 is 0 Å². The largest absolute Gasteiger partial charge is 0.477 e. The third-order valence-electron chi connectivity index (χ3n) is 9.47. The van der Waals surface area contributed by atoms with E-state index in [9.17, 15) is 27.5 Å². The smallest absolute Gasteiger partial charge is 0.341 e. The molecule has 2 nitrogen and oxygen atoms in total. The fourth-order valence-corrected chi connectivity index (χ4v) is 7.21. The Morgan fingerprint density at radius 3 is 1.85 bits per heavy atom. The van der Waals surface area contributed by atoms with Crippen LogP contribution in [0.4, 0.5) is 22.0 Å². The van der Waals surface area contributed by atoms with Crippen molar-refractivity contribution < 1.29 is 31.9 Å². The zero-order valence-corrected chi connectivity index (χ0v) is 23.4. The second-order valence-electron chi connectivity index (χ2n) is 12.0. The maximum absolute atomic E-state index is 15.5. The summed E-state index contributed by atoms with van der Waals surface area (Å²) in [6, 6.07) is 2.26. The first-order chi connectivity index (χ1) is 19.2. The molecule has 2 fully saturated rings. The minimum Gasteiger partial charge on any atom is -0.477 e. The van der Waals surface area contributed by atoms with E-state index in [1.54, 1.807) is 0 Å². The van der Waals surface area contributed by atoms with Crippen molar-refractivity contribution in [3.63, 3.8) is 0 Å². The fourth-order valence-electron chi connectivity index (χ4n) is 7.21. The third-order valence-corrected chi connectivity index (χ3v) is 9.47. The Kier molecular flexibility index (Phi) is 10.6. The lowest BCUT2D eigenvalue weighted by molar-refractivity contribution is 0.0686. The highest BCUT2D eigenvalue weighted by Crippen LogP contribution is 2.47. The minimum atomic E-state index is -1.82. The predicted molar refractivity (Wildman–Crippen MR) is 147 cm³/mol. The molecule has 0 amide bonds. The molecule has 0 atom stereocenters. The van der Waals surface area contributed by atoms with Gasteiger partial charge in [-0.25, -0.2) is 26.7 Å². The van der Waals surface area contributed by atoms with E-state index < -0.39 is 40.6 Å². The molecule has 0 aliphatic heterocycles. The first-order valence-electron chi connectivity index (χ1n) is 15.1. The predicted octanol–water partition coefficient (Wildman–Crippen LogP) is 10.6. The third kappa shape index (κ3) is 7.06. The standard InChI is InChI=1S/C33H41F5O2/c1-2-3-4-5-6-7-8-20-9-11-21(12-10-20)22-13-15-23(16-14-22)25-19-26(34)30(33(39)40)32(38)29(25)24-17-27(35)31(37)28(36)18-24/h17-23H,2-16H2,1H3,(H,39,40)/t20-,21-,22?,23?. The SMILES string of the molecule is CCCCCCCC[C@H]1CC[C@H](C2CCC(c3cc(F)c(C(=O)O)c(F)c3-c3cc(F)c(F)c(F)c3)CC2)CC1. The Bertz CT molecular complexity index is 1140.